The first kappa shape index (κ1) is 26.7. The van der Waals surface area contributed by atoms with Gasteiger partial charge in [-0.1, -0.05) is 38.3 Å². The van der Waals surface area contributed by atoms with E-state index in [1.165, 1.54) is 25.7 Å². The first-order valence-electron chi connectivity index (χ1n) is 14.7. The molecule has 5 heterocycles. The summed E-state index contributed by atoms with van der Waals surface area (Å²) in [5, 5.41) is 3.93. The second-order valence-corrected chi connectivity index (χ2v) is 11.7. The first-order chi connectivity index (χ1) is 19.4. The van der Waals surface area contributed by atoms with E-state index in [-0.39, 0.29) is 18.0 Å². The molecular formula is C30H39N7O3. The summed E-state index contributed by atoms with van der Waals surface area (Å²) >= 11 is 0. The lowest BCUT2D eigenvalue weighted by molar-refractivity contribution is 0.0203. The maximum Gasteiger partial charge on any atom is 0.439 e. The average Bonchev–Trinajstić information content (AvgIpc) is 3.54. The quantitative estimate of drug-likeness (QED) is 0.330. The van der Waals surface area contributed by atoms with Gasteiger partial charge < -0.3 is 14.2 Å². The van der Waals surface area contributed by atoms with Crippen molar-refractivity contribution in [3.05, 3.63) is 40.6 Å². The number of hydrogen-bond acceptors (Lipinski definition) is 8. The number of nitrogens with zero attached hydrogens (tertiary/aromatic N) is 6. The molecule has 0 spiro atoms. The van der Waals surface area contributed by atoms with E-state index in [0.717, 1.165) is 65.7 Å². The molecule has 212 valence electrons. The van der Waals surface area contributed by atoms with Crippen molar-refractivity contribution >= 4 is 17.0 Å². The first-order valence-corrected chi connectivity index (χ1v) is 14.7. The Labute approximate surface area is 234 Å². The van der Waals surface area contributed by atoms with Crippen LogP contribution in [0, 0.1) is 18.8 Å². The van der Waals surface area contributed by atoms with Crippen LogP contribution in [0.2, 0.25) is 0 Å². The highest BCUT2D eigenvalue weighted by molar-refractivity contribution is 5.94. The van der Waals surface area contributed by atoms with Crippen molar-refractivity contribution < 1.29 is 9.26 Å². The molecule has 2 atom stereocenters. The number of ether oxygens (including phenoxy) is 1. The Balaban J connectivity index is 1.58. The normalized spacial score (nSPS) is 23.6. The standard InChI is InChI=1S/C30H39N7O3/c1-5-6-25-20(4)39-12-11-36(25)29-33-23-14-24(28-34-30(38)40-35-28)32-26(22-13-19(3)15-31-16-22)27(23)37(29)17-21-9-7-18(2)8-10-21/h13-16,18,20-21,25H,5-12,17H2,1-4H3,(H,34,35,38)/t18?,20-,21?,25-/m0/s1. The van der Waals surface area contributed by atoms with Crippen LogP contribution < -0.4 is 10.7 Å². The number of aromatic amines is 1. The van der Waals surface area contributed by atoms with Gasteiger partial charge in [-0.3, -0.25) is 14.5 Å². The van der Waals surface area contributed by atoms with Crippen LogP contribution in [0.5, 0.6) is 0 Å². The molecule has 10 heteroatoms. The summed E-state index contributed by atoms with van der Waals surface area (Å²) in [5.74, 6) is 2.00. The molecule has 0 radical (unpaired) electrons. The number of aryl methyl sites for hydroxylation is 1. The van der Waals surface area contributed by atoms with Crippen molar-refractivity contribution in [3.8, 4) is 22.8 Å². The van der Waals surface area contributed by atoms with Gasteiger partial charge in [0.05, 0.1) is 35.5 Å². The number of fused-ring (bicyclic) bond motifs is 1. The van der Waals surface area contributed by atoms with E-state index in [4.69, 9.17) is 19.2 Å². The Morgan fingerprint density at radius 3 is 2.65 bits per heavy atom. The minimum Gasteiger partial charge on any atom is -0.375 e. The van der Waals surface area contributed by atoms with Gasteiger partial charge in [0.15, 0.2) is 0 Å². The van der Waals surface area contributed by atoms with E-state index in [0.29, 0.717) is 18.2 Å². The summed E-state index contributed by atoms with van der Waals surface area (Å²) in [4.78, 5) is 31.8. The maximum absolute atomic E-state index is 11.8. The zero-order valence-corrected chi connectivity index (χ0v) is 23.9. The number of nitrogens with one attached hydrogen (secondary N) is 1. The zero-order chi connectivity index (χ0) is 27.8. The Morgan fingerprint density at radius 2 is 1.93 bits per heavy atom. The van der Waals surface area contributed by atoms with Crippen molar-refractivity contribution in [1.29, 1.82) is 0 Å². The number of H-pyrrole nitrogens is 1. The molecule has 1 aliphatic heterocycles. The third-order valence-corrected chi connectivity index (χ3v) is 8.61. The predicted molar refractivity (Wildman–Crippen MR) is 154 cm³/mol. The molecule has 4 aromatic heterocycles. The highest BCUT2D eigenvalue weighted by Crippen LogP contribution is 2.38. The Kier molecular flexibility index (Phi) is 7.44. The summed E-state index contributed by atoms with van der Waals surface area (Å²) in [5.41, 5.74) is 5.05. The number of pyridine rings is 2. The molecule has 1 N–H and O–H groups in total. The highest BCUT2D eigenvalue weighted by atomic mass is 16.5. The van der Waals surface area contributed by atoms with Crippen LogP contribution in [0.4, 0.5) is 5.95 Å². The fourth-order valence-corrected chi connectivity index (χ4v) is 6.46. The molecule has 0 bridgehead atoms. The van der Waals surface area contributed by atoms with Gasteiger partial charge in [-0.25, -0.2) is 14.8 Å². The fraction of sp³-hybridized carbons (Fsp3) is 0.567. The summed E-state index contributed by atoms with van der Waals surface area (Å²) in [6.07, 6.45) is 10.9. The molecule has 0 amide bonds. The number of aromatic nitrogens is 6. The zero-order valence-electron chi connectivity index (χ0n) is 23.9. The number of rotatable bonds is 7. The molecule has 2 aliphatic rings. The van der Waals surface area contributed by atoms with E-state index < -0.39 is 5.76 Å². The van der Waals surface area contributed by atoms with E-state index in [9.17, 15) is 4.79 Å². The van der Waals surface area contributed by atoms with Gasteiger partial charge >= 0.3 is 5.76 Å². The molecule has 2 fully saturated rings. The Hall–Kier alpha value is -3.53. The van der Waals surface area contributed by atoms with Gasteiger partial charge in [-0.2, -0.15) is 0 Å². The molecule has 1 saturated carbocycles. The van der Waals surface area contributed by atoms with Gasteiger partial charge in [0.1, 0.15) is 5.69 Å². The van der Waals surface area contributed by atoms with Crippen LogP contribution in [-0.4, -0.2) is 55.0 Å². The minimum atomic E-state index is -0.613. The lowest BCUT2D eigenvalue weighted by Crippen LogP contribution is -2.51. The van der Waals surface area contributed by atoms with Crippen LogP contribution in [0.25, 0.3) is 33.8 Å². The summed E-state index contributed by atoms with van der Waals surface area (Å²) < 4.78 is 13.3. The SMILES string of the molecule is CCC[C@H]1[C@H](C)OCCN1c1nc2cc(-c3noc(=O)[nH]3)nc(-c3cncc(C)c3)c2n1CC1CCC(C)CC1. The third kappa shape index (κ3) is 5.16. The minimum absolute atomic E-state index is 0.117. The number of morpholine rings is 1. The highest BCUT2D eigenvalue weighted by Gasteiger charge is 2.34. The van der Waals surface area contributed by atoms with Crippen LogP contribution >= 0.6 is 0 Å². The van der Waals surface area contributed by atoms with Crippen LogP contribution in [-0.2, 0) is 11.3 Å². The third-order valence-electron chi connectivity index (χ3n) is 8.61. The van der Waals surface area contributed by atoms with Crippen molar-refractivity contribution in [1.82, 2.24) is 29.7 Å². The summed E-state index contributed by atoms with van der Waals surface area (Å²) in [7, 11) is 0. The van der Waals surface area contributed by atoms with Crippen LogP contribution in [0.3, 0.4) is 0 Å². The van der Waals surface area contributed by atoms with Gasteiger partial charge in [-0.15, -0.1) is 0 Å². The van der Waals surface area contributed by atoms with Gasteiger partial charge in [0.25, 0.3) is 0 Å². The summed E-state index contributed by atoms with van der Waals surface area (Å²) in [6, 6.07) is 4.25. The smallest absolute Gasteiger partial charge is 0.375 e. The van der Waals surface area contributed by atoms with Crippen molar-refractivity contribution in [2.45, 2.75) is 84.9 Å². The molecule has 1 aliphatic carbocycles. The molecule has 0 unspecified atom stereocenters. The average molecular weight is 546 g/mol. The molecule has 1 saturated heterocycles. The topological polar surface area (TPSA) is 115 Å². The second-order valence-electron chi connectivity index (χ2n) is 11.7. The molecule has 10 nitrogen and oxygen atoms in total. The van der Waals surface area contributed by atoms with Crippen LogP contribution in [0.15, 0.2) is 33.8 Å². The number of anilines is 1. The molecule has 0 aromatic carbocycles. The van der Waals surface area contributed by atoms with Crippen molar-refractivity contribution in [3.63, 3.8) is 0 Å². The predicted octanol–water partition coefficient (Wildman–Crippen LogP) is 5.37. The molecule has 40 heavy (non-hydrogen) atoms. The Morgan fingerprint density at radius 1 is 1.10 bits per heavy atom. The van der Waals surface area contributed by atoms with Crippen molar-refractivity contribution in [2.24, 2.45) is 11.8 Å². The lowest BCUT2D eigenvalue weighted by Gasteiger charge is -2.41. The van der Waals surface area contributed by atoms with E-state index in [1.54, 1.807) is 0 Å². The van der Waals surface area contributed by atoms with Gasteiger partial charge in [-0.05, 0) is 62.6 Å². The molecule has 4 aromatic rings. The van der Waals surface area contributed by atoms with Crippen molar-refractivity contribution in [2.75, 3.05) is 18.1 Å². The monoisotopic (exact) mass is 545 g/mol. The number of hydrogen-bond donors (Lipinski definition) is 1. The van der Waals surface area contributed by atoms with E-state index in [1.807, 2.05) is 25.4 Å². The van der Waals surface area contributed by atoms with E-state index >= 15 is 0 Å². The largest absolute Gasteiger partial charge is 0.439 e. The van der Waals surface area contributed by atoms with Gasteiger partial charge in [0, 0.05) is 31.0 Å². The number of imidazole rings is 1. The van der Waals surface area contributed by atoms with Gasteiger partial charge in [0.2, 0.25) is 11.8 Å². The maximum atomic E-state index is 11.8. The lowest BCUT2D eigenvalue weighted by atomic mass is 9.83. The molecule has 6 rings (SSSR count). The Bertz CT molecular complexity index is 1530. The van der Waals surface area contributed by atoms with Crippen LogP contribution in [0.1, 0.15) is 64.9 Å². The fourth-order valence-electron chi connectivity index (χ4n) is 6.46. The second kappa shape index (κ2) is 11.2. The van der Waals surface area contributed by atoms with E-state index in [2.05, 4.69) is 51.4 Å². The molecular weight excluding hydrogens is 506 g/mol. The summed E-state index contributed by atoms with van der Waals surface area (Å²) in [6.45, 7) is 11.1.